The number of benzene rings is 2. The summed E-state index contributed by atoms with van der Waals surface area (Å²) in [5, 5.41) is 4.24. The van der Waals surface area contributed by atoms with Crippen molar-refractivity contribution in [1.82, 2.24) is 10.1 Å². The Hall–Kier alpha value is -3.36. The van der Waals surface area contributed by atoms with Gasteiger partial charge in [0.1, 0.15) is 11.5 Å². The molecule has 42 heavy (non-hydrogen) atoms. The molecule has 0 atom stereocenters. The predicted octanol–water partition coefficient (Wildman–Crippen LogP) is 7.50. The number of hydrogen-bond donors (Lipinski definition) is 0. The van der Waals surface area contributed by atoms with Gasteiger partial charge in [-0.2, -0.15) is 0 Å². The molecule has 0 aliphatic carbocycles. The molecule has 2 heterocycles. The number of rotatable bonds is 15. The van der Waals surface area contributed by atoms with Crippen LogP contribution in [0.4, 0.5) is 0 Å². The van der Waals surface area contributed by atoms with E-state index >= 15 is 0 Å². The average Bonchev–Trinajstić information content (AvgIpc) is 3.43. The summed E-state index contributed by atoms with van der Waals surface area (Å²) in [5.41, 5.74) is 4.56. The van der Waals surface area contributed by atoms with Crippen molar-refractivity contribution in [3.63, 3.8) is 0 Å². The second-order valence-corrected chi connectivity index (χ2v) is 11.0. The number of carbonyl (C=O) groups excluding carboxylic acids is 1. The van der Waals surface area contributed by atoms with Crippen molar-refractivity contribution < 1.29 is 28.3 Å². The Labute approximate surface area is 250 Å². The summed E-state index contributed by atoms with van der Waals surface area (Å²) in [7, 11) is 0. The second kappa shape index (κ2) is 15.8. The number of hydrogen-bond acceptors (Lipinski definition) is 8. The van der Waals surface area contributed by atoms with Gasteiger partial charge in [-0.15, -0.1) is 0 Å². The molecule has 228 valence electrons. The van der Waals surface area contributed by atoms with E-state index in [0.29, 0.717) is 30.3 Å². The molecule has 0 radical (unpaired) electrons. The van der Waals surface area contributed by atoms with Crippen LogP contribution in [0.5, 0.6) is 11.5 Å². The van der Waals surface area contributed by atoms with Crippen molar-refractivity contribution in [1.29, 1.82) is 0 Å². The Morgan fingerprint density at radius 1 is 0.952 bits per heavy atom. The van der Waals surface area contributed by atoms with Gasteiger partial charge in [0.25, 0.3) is 0 Å². The second-order valence-electron chi connectivity index (χ2n) is 11.0. The minimum atomic E-state index is -0.517. The highest BCUT2D eigenvalue weighted by atomic mass is 16.5. The maximum Gasteiger partial charge on any atom is 0.361 e. The van der Waals surface area contributed by atoms with Gasteiger partial charge in [0.2, 0.25) is 0 Å². The van der Waals surface area contributed by atoms with Gasteiger partial charge in [-0.25, -0.2) is 4.79 Å². The van der Waals surface area contributed by atoms with Crippen molar-refractivity contribution >= 4 is 5.97 Å². The van der Waals surface area contributed by atoms with Crippen LogP contribution in [0, 0.1) is 0 Å². The van der Waals surface area contributed by atoms with Crippen LogP contribution in [0.1, 0.15) is 87.8 Å². The third kappa shape index (κ3) is 7.92. The summed E-state index contributed by atoms with van der Waals surface area (Å²) in [5.74, 6) is 1.62. The Kier molecular flexibility index (Phi) is 11.8. The van der Waals surface area contributed by atoms with Gasteiger partial charge in [0.05, 0.1) is 44.2 Å². The molecule has 2 aromatic carbocycles. The first-order valence-electron chi connectivity index (χ1n) is 15.5. The van der Waals surface area contributed by atoms with Crippen molar-refractivity contribution in [3.8, 4) is 33.9 Å². The van der Waals surface area contributed by atoms with E-state index < -0.39 is 5.97 Å². The number of morpholine rings is 1. The first kappa shape index (κ1) is 31.6. The molecular formula is C34H46N2O6. The van der Waals surface area contributed by atoms with E-state index in [1.54, 1.807) is 6.92 Å². The third-order valence-electron chi connectivity index (χ3n) is 7.40. The molecule has 1 aliphatic heterocycles. The first-order chi connectivity index (χ1) is 20.5. The quantitative estimate of drug-likeness (QED) is 0.135. The standard InChI is InChI=1S/C34H46N2O6/c1-6-9-17-40-29-22-30(41-18-10-7-2)28(21-27(29)24(4)5)33-31(32(35-42-33)34(37)39-8-3)26-13-11-25(12-14-26)23-36-15-19-38-20-16-36/h11-14,21-22,24H,6-10,15-20,23H2,1-5H3. The van der Waals surface area contributed by atoms with E-state index in [1.807, 2.05) is 18.2 Å². The third-order valence-corrected chi connectivity index (χ3v) is 7.40. The Morgan fingerprint density at radius 3 is 2.24 bits per heavy atom. The lowest BCUT2D eigenvalue weighted by atomic mass is 9.94. The predicted molar refractivity (Wildman–Crippen MR) is 164 cm³/mol. The van der Waals surface area contributed by atoms with Crippen LogP contribution < -0.4 is 9.47 Å². The topological polar surface area (TPSA) is 83.3 Å². The van der Waals surface area contributed by atoms with Gasteiger partial charge in [-0.05, 0) is 48.4 Å². The van der Waals surface area contributed by atoms with E-state index in [9.17, 15) is 4.79 Å². The van der Waals surface area contributed by atoms with E-state index in [-0.39, 0.29) is 18.2 Å². The van der Waals surface area contributed by atoms with Crippen molar-refractivity contribution in [2.24, 2.45) is 0 Å². The Balaban J connectivity index is 1.80. The van der Waals surface area contributed by atoms with Crippen LogP contribution in [0.25, 0.3) is 22.5 Å². The lowest BCUT2D eigenvalue weighted by Gasteiger charge is -2.26. The van der Waals surface area contributed by atoms with Crippen LogP contribution in [0.3, 0.4) is 0 Å². The SMILES string of the molecule is CCCCOc1cc(OCCCC)c(C(C)C)cc1-c1onc(C(=O)OCC)c1-c1ccc(CN2CCOCC2)cc1. The minimum absolute atomic E-state index is 0.154. The van der Waals surface area contributed by atoms with E-state index in [4.69, 9.17) is 23.5 Å². The molecule has 0 N–H and O–H groups in total. The van der Waals surface area contributed by atoms with Crippen LogP contribution in [-0.4, -0.2) is 62.1 Å². The highest BCUT2D eigenvalue weighted by molar-refractivity contribution is 6.00. The molecule has 0 spiro atoms. The fourth-order valence-electron chi connectivity index (χ4n) is 4.98. The molecule has 0 saturated carbocycles. The van der Waals surface area contributed by atoms with E-state index in [1.165, 1.54) is 5.56 Å². The summed E-state index contributed by atoms with van der Waals surface area (Å²) < 4.78 is 29.4. The summed E-state index contributed by atoms with van der Waals surface area (Å²) in [6, 6.07) is 12.3. The summed E-state index contributed by atoms with van der Waals surface area (Å²) in [6.07, 6.45) is 3.95. The summed E-state index contributed by atoms with van der Waals surface area (Å²) in [6.45, 7) is 16.0. The molecule has 8 nitrogen and oxygen atoms in total. The van der Waals surface area contributed by atoms with Crippen LogP contribution in [0.15, 0.2) is 40.9 Å². The zero-order valence-corrected chi connectivity index (χ0v) is 25.9. The summed E-state index contributed by atoms with van der Waals surface area (Å²) >= 11 is 0. The fraction of sp³-hybridized carbons (Fsp3) is 0.529. The smallest absolute Gasteiger partial charge is 0.361 e. The lowest BCUT2D eigenvalue weighted by molar-refractivity contribution is 0.0342. The van der Waals surface area contributed by atoms with Crippen molar-refractivity contribution in [2.45, 2.75) is 72.8 Å². The van der Waals surface area contributed by atoms with Crippen molar-refractivity contribution in [2.75, 3.05) is 46.1 Å². The maximum absolute atomic E-state index is 13.1. The van der Waals surface area contributed by atoms with E-state index in [0.717, 1.165) is 81.0 Å². The lowest BCUT2D eigenvalue weighted by Crippen LogP contribution is -2.35. The van der Waals surface area contributed by atoms with Gasteiger partial charge in [-0.1, -0.05) is 70.0 Å². The molecule has 1 fully saturated rings. The Bertz CT molecular complexity index is 1280. The Morgan fingerprint density at radius 2 is 1.62 bits per heavy atom. The van der Waals surface area contributed by atoms with E-state index in [2.05, 4.69) is 56.0 Å². The monoisotopic (exact) mass is 578 g/mol. The van der Waals surface area contributed by atoms with Gasteiger partial charge in [-0.3, -0.25) is 4.90 Å². The highest BCUT2D eigenvalue weighted by Crippen LogP contribution is 2.44. The molecule has 1 saturated heterocycles. The highest BCUT2D eigenvalue weighted by Gasteiger charge is 2.29. The molecule has 0 amide bonds. The fourth-order valence-corrected chi connectivity index (χ4v) is 4.98. The molecule has 0 bridgehead atoms. The molecular weight excluding hydrogens is 532 g/mol. The molecule has 8 heteroatoms. The number of aromatic nitrogens is 1. The largest absolute Gasteiger partial charge is 0.493 e. The van der Waals surface area contributed by atoms with Gasteiger partial charge < -0.3 is 23.5 Å². The van der Waals surface area contributed by atoms with Crippen molar-refractivity contribution in [3.05, 3.63) is 53.2 Å². The zero-order chi connectivity index (χ0) is 29.9. The first-order valence-corrected chi connectivity index (χ1v) is 15.5. The van der Waals surface area contributed by atoms with Gasteiger partial charge in [0.15, 0.2) is 11.5 Å². The average molecular weight is 579 g/mol. The number of esters is 1. The number of nitrogens with zero attached hydrogens (tertiary/aromatic N) is 2. The number of unbranched alkanes of at least 4 members (excludes halogenated alkanes) is 2. The summed E-state index contributed by atoms with van der Waals surface area (Å²) in [4.78, 5) is 15.5. The van der Waals surface area contributed by atoms with Crippen LogP contribution in [0.2, 0.25) is 0 Å². The number of ether oxygens (including phenoxy) is 4. The minimum Gasteiger partial charge on any atom is -0.493 e. The van der Waals surface area contributed by atoms with Gasteiger partial charge >= 0.3 is 5.97 Å². The normalized spacial score (nSPS) is 13.9. The molecule has 4 rings (SSSR count). The van der Waals surface area contributed by atoms with Crippen LogP contribution >= 0.6 is 0 Å². The zero-order valence-electron chi connectivity index (χ0n) is 25.9. The molecule has 1 aromatic heterocycles. The maximum atomic E-state index is 13.1. The van der Waals surface area contributed by atoms with Crippen LogP contribution in [-0.2, 0) is 16.0 Å². The number of carbonyl (C=O) groups is 1. The molecule has 3 aromatic rings. The molecule has 1 aliphatic rings. The van der Waals surface area contributed by atoms with Gasteiger partial charge in [0, 0.05) is 25.7 Å². The molecule has 0 unspecified atom stereocenters.